The summed E-state index contributed by atoms with van der Waals surface area (Å²) in [5, 5.41) is 13.8. The van der Waals surface area contributed by atoms with Crippen molar-refractivity contribution >= 4 is 34.5 Å². The molecule has 0 atom stereocenters. The molecule has 1 heterocycles. The summed E-state index contributed by atoms with van der Waals surface area (Å²) in [4.78, 5) is 12.6. The predicted octanol–water partition coefficient (Wildman–Crippen LogP) is 3.31. The zero-order valence-electron chi connectivity index (χ0n) is 10.7. The van der Waals surface area contributed by atoms with Gasteiger partial charge in [0.1, 0.15) is 11.5 Å². The van der Waals surface area contributed by atoms with Crippen LogP contribution in [0.15, 0.2) is 29.6 Å². The van der Waals surface area contributed by atoms with Crippen LogP contribution in [0.5, 0.6) is 0 Å². The Bertz CT molecular complexity index is 697. The zero-order valence-corrected chi connectivity index (χ0v) is 12.3. The Balaban J connectivity index is 2.31. The van der Waals surface area contributed by atoms with Crippen LogP contribution in [0.2, 0.25) is 5.02 Å². The van der Waals surface area contributed by atoms with Gasteiger partial charge in [0.05, 0.1) is 10.7 Å². The van der Waals surface area contributed by atoms with E-state index < -0.39 is 0 Å². The number of carbonyl (C=O) groups excluding carboxylic acids is 1. The standard InChI is InChI=1S/C15H12ClNO2S/c1-10-4-5-11(3-2-7-18)13(9-10)17-15(19)14-12(16)6-8-20-14/h4-6,8-9,18H,7H2,1H3,(H,17,19). The molecule has 3 nitrogen and oxygen atoms in total. The van der Waals surface area contributed by atoms with E-state index in [1.807, 2.05) is 25.1 Å². The molecule has 5 heteroatoms. The fourth-order valence-electron chi connectivity index (χ4n) is 1.64. The molecule has 0 saturated heterocycles. The fraction of sp³-hybridized carbons (Fsp3) is 0.133. The van der Waals surface area contributed by atoms with Gasteiger partial charge in [-0.25, -0.2) is 0 Å². The molecule has 1 amide bonds. The van der Waals surface area contributed by atoms with Gasteiger partial charge in [-0.3, -0.25) is 4.79 Å². The van der Waals surface area contributed by atoms with Crippen LogP contribution >= 0.6 is 22.9 Å². The third-order valence-corrected chi connectivity index (χ3v) is 3.89. The second-order valence-electron chi connectivity index (χ2n) is 4.06. The number of benzene rings is 1. The Morgan fingerprint density at radius 3 is 2.90 bits per heavy atom. The average molecular weight is 306 g/mol. The summed E-state index contributed by atoms with van der Waals surface area (Å²) >= 11 is 7.23. The molecule has 0 aliphatic rings. The minimum atomic E-state index is -0.261. The van der Waals surface area contributed by atoms with Gasteiger partial charge >= 0.3 is 0 Å². The van der Waals surface area contributed by atoms with E-state index in [0.29, 0.717) is 21.2 Å². The number of anilines is 1. The first-order valence-corrected chi connectivity index (χ1v) is 7.12. The number of hydrogen-bond acceptors (Lipinski definition) is 3. The monoisotopic (exact) mass is 305 g/mol. The summed E-state index contributed by atoms with van der Waals surface area (Å²) in [6.07, 6.45) is 0. The van der Waals surface area contributed by atoms with Crippen molar-refractivity contribution in [3.8, 4) is 11.8 Å². The number of nitrogens with one attached hydrogen (secondary N) is 1. The van der Waals surface area contributed by atoms with Crippen LogP contribution in [-0.4, -0.2) is 17.6 Å². The molecule has 20 heavy (non-hydrogen) atoms. The quantitative estimate of drug-likeness (QED) is 0.836. The van der Waals surface area contributed by atoms with Crippen LogP contribution in [0, 0.1) is 18.8 Å². The molecule has 2 aromatic rings. The van der Waals surface area contributed by atoms with Crippen molar-refractivity contribution < 1.29 is 9.90 Å². The van der Waals surface area contributed by atoms with Crippen LogP contribution in [-0.2, 0) is 0 Å². The Morgan fingerprint density at radius 2 is 2.25 bits per heavy atom. The molecule has 1 aromatic carbocycles. The normalized spacial score (nSPS) is 9.75. The molecule has 0 spiro atoms. The molecule has 0 bridgehead atoms. The predicted molar refractivity (Wildman–Crippen MR) is 82.4 cm³/mol. The smallest absolute Gasteiger partial charge is 0.267 e. The Kier molecular flexibility index (Phi) is 4.80. The second-order valence-corrected chi connectivity index (χ2v) is 5.38. The van der Waals surface area contributed by atoms with Gasteiger partial charge in [0.2, 0.25) is 0 Å². The van der Waals surface area contributed by atoms with Crippen LogP contribution in [0.3, 0.4) is 0 Å². The Labute approximate surface area is 126 Å². The summed E-state index contributed by atoms with van der Waals surface area (Å²) in [5.74, 6) is 5.12. The summed E-state index contributed by atoms with van der Waals surface area (Å²) in [7, 11) is 0. The molecule has 0 radical (unpaired) electrons. The van der Waals surface area contributed by atoms with Crippen molar-refractivity contribution in [1.82, 2.24) is 0 Å². The lowest BCUT2D eigenvalue weighted by molar-refractivity contribution is 0.103. The first kappa shape index (κ1) is 14.6. The molecule has 0 aliphatic carbocycles. The van der Waals surface area contributed by atoms with Crippen LogP contribution in [0.1, 0.15) is 20.8 Å². The molecule has 0 saturated carbocycles. The minimum Gasteiger partial charge on any atom is -0.384 e. The van der Waals surface area contributed by atoms with Crippen molar-refractivity contribution in [3.05, 3.63) is 50.7 Å². The van der Waals surface area contributed by atoms with E-state index >= 15 is 0 Å². The van der Waals surface area contributed by atoms with Crippen LogP contribution in [0.4, 0.5) is 5.69 Å². The van der Waals surface area contributed by atoms with Gasteiger partial charge in [0.15, 0.2) is 0 Å². The number of aryl methyl sites for hydroxylation is 1. The molecule has 1 aromatic heterocycles. The number of carbonyl (C=O) groups is 1. The van der Waals surface area contributed by atoms with E-state index in [2.05, 4.69) is 17.2 Å². The number of aliphatic hydroxyl groups excluding tert-OH is 1. The van der Waals surface area contributed by atoms with Gasteiger partial charge < -0.3 is 10.4 Å². The fourth-order valence-corrected chi connectivity index (χ4v) is 2.68. The molecular weight excluding hydrogens is 294 g/mol. The van der Waals surface area contributed by atoms with E-state index in [4.69, 9.17) is 16.7 Å². The third kappa shape index (κ3) is 3.40. The van der Waals surface area contributed by atoms with Crippen molar-refractivity contribution in [2.45, 2.75) is 6.92 Å². The number of aliphatic hydroxyl groups is 1. The first-order chi connectivity index (χ1) is 9.61. The number of rotatable bonds is 2. The zero-order chi connectivity index (χ0) is 14.5. The molecule has 2 N–H and O–H groups in total. The van der Waals surface area contributed by atoms with E-state index in [0.717, 1.165) is 5.56 Å². The summed E-state index contributed by atoms with van der Waals surface area (Å²) in [5.41, 5.74) is 2.28. The van der Waals surface area contributed by atoms with Crippen molar-refractivity contribution in [2.24, 2.45) is 0 Å². The van der Waals surface area contributed by atoms with Crippen LogP contribution < -0.4 is 5.32 Å². The molecule has 0 unspecified atom stereocenters. The van der Waals surface area contributed by atoms with E-state index in [1.165, 1.54) is 11.3 Å². The SMILES string of the molecule is Cc1ccc(C#CCO)c(NC(=O)c2sccc2Cl)c1. The van der Waals surface area contributed by atoms with Gasteiger partial charge in [-0.2, -0.15) is 0 Å². The van der Waals surface area contributed by atoms with E-state index in [-0.39, 0.29) is 12.5 Å². The van der Waals surface area contributed by atoms with Crippen LogP contribution in [0.25, 0.3) is 0 Å². The van der Waals surface area contributed by atoms with Gasteiger partial charge in [0.25, 0.3) is 5.91 Å². The van der Waals surface area contributed by atoms with Crippen molar-refractivity contribution in [2.75, 3.05) is 11.9 Å². The highest BCUT2D eigenvalue weighted by Gasteiger charge is 2.13. The van der Waals surface area contributed by atoms with Crippen molar-refractivity contribution in [1.29, 1.82) is 0 Å². The van der Waals surface area contributed by atoms with Gasteiger partial charge in [-0.1, -0.05) is 29.5 Å². The summed E-state index contributed by atoms with van der Waals surface area (Å²) < 4.78 is 0. The highest BCUT2D eigenvalue weighted by Crippen LogP contribution is 2.24. The maximum Gasteiger partial charge on any atom is 0.267 e. The van der Waals surface area contributed by atoms with E-state index in [9.17, 15) is 4.79 Å². The lowest BCUT2D eigenvalue weighted by atomic mass is 10.1. The maximum atomic E-state index is 12.2. The molecular formula is C15H12ClNO2S. The highest BCUT2D eigenvalue weighted by molar-refractivity contribution is 7.12. The molecule has 2 rings (SSSR count). The minimum absolute atomic E-state index is 0.224. The van der Waals surface area contributed by atoms with Crippen molar-refractivity contribution in [3.63, 3.8) is 0 Å². The molecule has 0 fully saturated rings. The Hall–Kier alpha value is -1.80. The topological polar surface area (TPSA) is 49.3 Å². The number of amides is 1. The second kappa shape index (κ2) is 6.58. The highest BCUT2D eigenvalue weighted by atomic mass is 35.5. The molecule has 102 valence electrons. The largest absolute Gasteiger partial charge is 0.384 e. The van der Waals surface area contributed by atoms with E-state index in [1.54, 1.807) is 11.4 Å². The Morgan fingerprint density at radius 1 is 1.45 bits per heavy atom. The summed E-state index contributed by atoms with van der Waals surface area (Å²) in [6, 6.07) is 7.23. The van der Waals surface area contributed by atoms with Gasteiger partial charge in [0, 0.05) is 5.56 Å². The number of hydrogen-bond donors (Lipinski definition) is 2. The third-order valence-electron chi connectivity index (χ3n) is 2.55. The molecule has 0 aliphatic heterocycles. The van der Waals surface area contributed by atoms with Gasteiger partial charge in [-0.15, -0.1) is 11.3 Å². The maximum absolute atomic E-state index is 12.2. The first-order valence-electron chi connectivity index (χ1n) is 5.86. The summed E-state index contributed by atoms with van der Waals surface area (Å²) in [6.45, 7) is 1.70. The lowest BCUT2D eigenvalue weighted by Crippen LogP contribution is -2.12. The average Bonchev–Trinajstić information content (AvgIpc) is 2.84. The number of thiophene rings is 1. The lowest BCUT2D eigenvalue weighted by Gasteiger charge is -2.08. The number of halogens is 1. The van der Waals surface area contributed by atoms with Gasteiger partial charge in [-0.05, 0) is 36.1 Å².